The van der Waals surface area contributed by atoms with E-state index in [-0.39, 0.29) is 11.8 Å². The SMILES string of the molecule is CC(C)c1nc(NC(=O)C2CCOCC2)cs1. The minimum absolute atomic E-state index is 0.0768. The number of thiazole rings is 1. The van der Waals surface area contributed by atoms with E-state index in [1.807, 2.05) is 5.38 Å². The van der Waals surface area contributed by atoms with E-state index in [2.05, 4.69) is 24.1 Å². The fourth-order valence-corrected chi connectivity index (χ4v) is 2.57. The summed E-state index contributed by atoms with van der Waals surface area (Å²) in [4.78, 5) is 16.3. The molecule has 1 aliphatic rings. The van der Waals surface area contributed by atoms with Gasteiger partial charge < -0.3 is 10.1 Å². The summed E-state index contributed by atoms with van der Waals surface area (Å²) in [7, 11) is 0. The molecule has 17 heavy (non-hydrogen) atoms. The highest BCUT2D eigenvalue weighted by molar-refractivity contribution is 7.10. The van der Waals surface area contributed by atoms with Crippen LogP contribution < -0.4 is 5.32 Å². The molecular formula is C12H18N2O2S. The van der Waals surface area contributed by atoms with Crippen LogP contribution in [0.1, 0.15) is 37.6 Å². The Hall–Kier alpha value is -0.940. The Labute approximate surface area is 105 Å². The molecule has 0 atom stereocenters. The second-order valence-electron chi connectivity index (χ2n) is 4.60. The Morgan fingerprint density at radius 1 is 1.53 bits per heavy atom. The average molecular weight is 254 g/mol. The molecule has 0 radical (unpaired) electrons. The summed E-state index contributed by atoms with van der Waals surface area (Å²) < 4.78 is 5.24. The quantitative estimate of drug-likeness (QED) is 0.902. The molecule has 0 saturated carbocycles. The first kappa shape index (κ1) is 12.5. The Balaban J connectivity index is 1.92. The fourth-order valence-electron chi connectivity index (χ4n) is 1.80. The van der Waals surface area contributed by atoms with Crippen molar-refractivity contribution in [2.75, 3.05) is 18.5 Å². The van der Waals surface area contributed by atoms with Crippen molar-refractivity contribution < 1.29 is 9.53 Å². The number of hydrogen-bond acceptors (Lipinski definition) is 4. The summed E-state index contributed by atoms with van der Waals surface area (Å²) in [6.45, 7) is 5.57. The number of ether oxygens (including phenoxy) is 1. The zero-order valence-corrected chi connectivity index (χ0v) is 11.0. The minimum Gasteiger partial charge on any atom is -0.381 e. The third kappa shape index (κ3) is 3.26. The van der Waals surface area contributed by atoms with Gasteiger partial charge in [-0.3, -0.25) is 4.79 Å². The largest absolute Gasteiger partial charge is 0.381 e. The van der Waals surface area contributed by atoms with E-state index >= 15 is 0 Å². The number of nitrogens with zero attached hydrogens (tertiary/aromatic N) is 1. The second kappa shape index (κ2) is 5.60. The lowest BCUT2D eigenvalue weighted by Gasteiger charge is -2.20. The standard InChI is InChI=1S/C12H18N2O2S/c1-8(2)12-14-10(7-17-12)13-11(15)9-3-5-16-6-4-9/h7-9H,3-6H2,1-2H3,(H,13,15). The van der Waals surface area contributed by atoms with Crippen molar-refractivity contribution in [2.24, 2.45) is 5.92 Å². The van der Waals surface area contributed by atoms with Crippen molar-refractivity contribution >= 4 is 23.1 Å². The molecule has 1 aromatic heterocycles. The summed E-state index contributed by atoms with van der Waals surface area (Å²) in [6, 6.07) is 0. The zero-order chi connectivity index (χ0) is 12.3. The topological polar surface area (TPSA) is 51.2 Å². The maximum absolute atomic E-state index is 11.9. The summed E-state index contributed by atoms with van der Waals surface area (Å²) in [5.41, 5.74) is 0. The van der Waals surface area contributed by atoms with Gasteiger partial charge in [-0.1, -0.05) is 13.8 Å². The highest BCUT2D eigenvalue weighted by atomic mass is 32.1. The third-order valence-corrected chi connectivity index (χ3v) is 4.00. The van der Waals surface area contributed by atoms with Crippen LogP contribution in [0.15, 0.2) is 5.38 Å². The average Bonchev–Trinajstić information content (AvgIpc) is 2.79. The van der Waals surface area contributed by atoms with Gasteiger partial charge in [-0.15, -0.1) is 11.3 Å². The lowest BCUT2D eigenvalue weighted by atomic mass is 10.00. The van der Waals surface area contributed by atoms with Crippen LogP contribution in [0.3, 0.4) is 0 Å². The van der Waals surface area contributed by atoms with E-state index in [9.17, 15) is 4.79 Å². The first-order chi connectivity index (χ1) is 8.16. The predicted octanol–water partition coefficient (Wildman–Crippen LogP) is 2.63. The monoisotopic (exact) mass is 254 g/mol. The van der Waals surface area contributed by atoms with Crippen LogP contribution in [0, 0.1) is 5.92 Å². The van der Waals surface area contributed by atoms with E-state index < -0.39 is 0 Å². The van der Waals surface area contributed by atoms with Crippen molar-refractivity contribution in [3.63, 3.8) is 0 Å². The van der Waals surface area contributed by atoms with Crippen LogP contribution in [-0.4, -0.2) is 24.1 Å². The van der Waals surface area contributed by atoms with E-state index in [1.54, 1.807) is 11.3 Å². The van der Waals surface area contributed by atoms with Crippen molar-refractivity contribution in [3.05, 3.63) is 10.4 Å². The molecule has 1 aromatic rings. The first-order valence-electron chi connectivity index (χ1n) is 6.01. The van der Waals surface area contributed by atoms with Gasteiger partial charge in [0.2, 0.25) is 5.91 Å². The van der Waals surface area contributed by atoms with Crippen LogP contribution in [0.2, 0.25) is 0 Å². The Bertz CT molecular complexity index is 384. The molecule has 5 heteroatoms. The number of carbonyl (C=O) groups is 1. The molecule has 1 aliphatic heterocycles. The highest BCUT2D eigenvalue weighted by Crippen LogP contribution is 2.23. The maximum Gasteiger partial charge on any atom is 0.228 e. The van der Waals surface area contributed by atoms with Gasteiger partial charge in [0, 0.05) is 30.4 Å². The molecule has 0 unspecified atom stereocenters. The molecule has 1 amide bonds. The van der Waals surface area contributed by atoms with Crippen molar-refractivity contribution in [1.29, 1.82) is 0 Å². The van der Waals surface area contributed by atoms with Crippen molar-refractivity contribution in [3.8, 4) is 0 Å². The summed E-state index contributed by atoms with van der Waals surface area (Å²) in [5, 5.41) is 5.86. The van der Waals surface area contributed by atoms with E-state index in [0.29, 0.717) is 24.9 Å². The molecule has 1 fully saturated rings. The van der Waals surface area contributed by atoms with E-state index in [1.165, 1.54) is 0 Å². The van der Waals surface area contributed by atoms with Crippen LogP contribution >= 0.6 is 11.3 Å². The minimum atomic E-state index is 0.0768. The fraction of sp³-hybridized carbons (Fsp3) is 0.667. The molecule has 94 valence electrons. The Morgan fingerprint density at radius 3 is 2.82 bits per heavy atom. The zero-order valence-electron chi connectivity index (χ0n) is 10.2. The number of aromatic nitrogens is 1. The molecular weight excluding hydrogens is 236 g/mol. The molecule has 0 aromatic carbocycles. The molecule has 0 spiro atoms. The second-order valence-corrected chi connectivity index (χ2v) is 5.49. The molecule has 1 saturated heterocycles. The lowest BCUT2D eigenvalue weighted by molar-refractivity contribution is -0.122. The number of carbonyl (C=O) groups excluding carboxylic acids is 1. The number of nitrogens with one attached hydrogen (secondary N) is 1. The molecule has 2 heterocycles. The molecule has 0 aliphatic carbocycles. The van der Waals surface area contributed by atoms with Gasteiger partial charge >= 0.3 is 0 Å². The normalized spacial score (nSPS) is 17.4. The highest BCUT2D eigenvalue weighted by Gasteiger charge is 2.22. The van der Waals surface area contributed by atoms with Crippen molar-refractivity contribution in [1.82, 2.24) is 4.98 Å². The summed E-state index contributed by atoms with van der Waals surface area (Å²) in [6.07, 6.45) is 1.63. The summed E-state index contributed by atoms with van der Waals surface area (Å²) >= 11 is 1.60. The van der Waals surface area contributed by atoms with Crippen LogP contribution in [-0.2, 0) is 9.53 Å². The van der Waals surface area contributed by atoms with E-state index in [0.717, 1.165) is 17.8 Å². The Morgan fingerprint density at radius 2 is 2.24 bits per heavy atom. The molecule has 2 rings (SSSR count). The van der Waals surface area contributed by atoms with Gasteiger partial charge in [0.15, 0.2) is 0 Å². The van der Waals surface area contributed by atoms with Crippen LogP contribution in [0.5, 0.6) is 0 Å². The van der Waals surface area contributed by atoms with Crippen LogP contribution in [0.4, 0.5) is 5.82 Å². The maximum atomic E-state index is 11.9. The number of amides is 1. The van der Waals surface area contributed by atoms with Gasteiger partial charge in [0.05, 0.1) is 5.01 Å². The number of rotatable bonds is 3. The predicted molar refractivity (Wildman–Crippen MR) is 68.4 cm³/mol. The lowest BCUT2D eigenvalue weighted by Crippen LogP contribution is -2.28. The van der Waals surface area contributed by atoms with Gasteiger partial charge in [0.25, 0.3) is 0 Å². The van der Waals surface area contributed by atoms with Gasteiger partial charge in [-0.05, 0) is 12.8 Å². The van der Waals surface area contributed by atoms with Gasteiger partial charge in [0.1, 0.15) is 5.82 Å². The number of anilines is 1. The molecule has 0 bridgehead atoms. The molecule has 1 N–H and O–H groups in total. The Kier molecular flexibility index (Phi) is 4.12. The van der Waals surface area contributed by atoms with Gasteiger partial charge in [-0.2, -0.15) is 0 Å². The van der Waals surface area contributed by atoms with Crippen LogP contribution in [0.25, 0.3) is 0 Å². The molecule has 4 nitrogen and oxygen atoms in total. The summed E-state index contributed by atoms with van der Waals surface area (Å²) in [5.74, 6) is 1.26. The van der Waals surface area contributed by atoms with E-state index in [4.69, 9.17) is 4.74 Å². The van der Waals surface area contributed by atoms with Crippen molar-refractivity contribution in [2.45, 2.75) is 32.6 Å². The third-order valence-electron chi connectivity index (χ3n) is 2.86. The smallest absolute Gasteiger partial charge is 0.228 e. The number of hydrogen-bond donors (Lipinski definition) is 1. The first-order valence-corrected chi connectivity index (χ1v) is 6.89. The van der Waals surface area contributed by atoms with Gasteiger partial charge in [-0.25, -0.2) is 4.98 Å².